The fourth-order valence-corrected chi connectivity index (χ4v) is 1.92. The van der Waals surface area contributed by atoms with Gasteiger partial charge < -0.3 is 20.5 Å². The second-order valence-corrected chi connectivity index (χ2v) is 4.58. The molecule has 22 heavy (non-hydrogen) atoms. The van der Waals surface area contributed by atoms with Gasteiger partial charge in [0, 0.05) is 19.7 Å². The van der Waals surface area contributed by atoms with E-state index in [-0.39, 0.29) is 5.56 Å². The van der Waals surface area contributed by atoms with Gasteiger partial charge in [0.1, 0.15) is 17.5 Å². The molecule has 0 spiro atoms. The number of carboxylic acids is 1. The highest BCUT2D eigenvalue weighted by Gasteiger charge is 2.10. The van der Waals surface area contributed by atoms with Crippen molar-refractivity contribution in [2.24, 2.45) is 0 Å². The molecule has 0 atom stereocenters. The molecule has 1 aromatic heterocycles. The smallest absolute Gasteiger partial charge is 0.337 e. The second-order valence-electron chi connectivity index (χ2n) is 4.58. The molecule has 0 unspecified atom stereocenters. The van der Waals surface area contributed by atoms with E-state index in [1.807, 2.05) is 0 Å². The van der Waals surface area contributed by atoms with Crippen LogP contribution in [0.3, 0.4) is 0 Å². The molecule has 0 aliphatic carbocycles. The maximum absolute atomic E-state index is 11.2. The zero-order valence-electron chi connectivity index (χ0n) is 12.5. The molecule has 0 aliphatic heterocycles. The molecule has 1 aromatic carbocycles. The molecule has 0 bridgehead atoms. The molecule has 2 rings (SSSR count). The number of hydrogen-bond donors (Lipinski definition) is 3. The molecule has 0 fully saturated rings. The molecule has 3 N–H and O–H groups in total. The van der Waals surface area contributed by atoms with Crippen LogP contribution >= 0.6 is 0 Å². The highest BCUT2D eigenvalue weighted by molar-refractivity contribution is 5.95. The molecule has 7 heteroatoms. The number of aromatic carboxylic acids is 1. The molecular formula is C15H18N4O3. The fraction of sp³-hybridized carbons (Fsp3) is 0.267. The molecule has 0 aliphatic rings. The molecule has 0 amide bonds. The van der Waals surface area contributed by atoms with Crippen molar-refractivity contribution in [3.63, 3.8) is 0 Å². The number of anilines is 3. The van der Waals surface area contributed by atoms with E-state index in [1.165, 1.54) is 6.07 Å². The molecule has 116 valence electrons. The van der Waals surface area contributed by atoms with E-state index in [9.17, 15) is 9.90 Å². The Hall–Kier alpha value is -2.67. The number of para-hydroxylation sites is 1. The van der Waals surface area contributed by atoms with Crippen molar-refractivity contribution in [1.82, 2.24) is 9.97 Å². The van der Waals surface area contributed by atoms with Crippen molar-refractivity contribution in [1.29, 1.82) is 0 Å². The number of benzene rings is 1. The lowest BCUT2D eigenvalue weighted by atomic mass is 10.2. The maximum atomic E-state index is 11.2. The summed E-state index contributed by atoms with van der Waals surface area (Å²) in [4.78, 5) is 19.8. The lowest BCUT2D eigenvalue weighted by Crippen LogP contribution is -2.10. The van der Waals surface area contributed by atoms with Crippen molar-refractivity contribution < 1.29 is 14.6 Å². The summed E-state index contributed by atoms with van der Waals surface area (Å²) in [6.45, 7) is 2.96. The Labute approximate surface area is 128 Å². The number of aryl methyl sites for hydroxylation is 1. The van der Waals surface area contributed by atoms with Gasteiger partial charge in [-0.25, -0.2) is 14.8 Å². The Bertz CT molecular complexity index is 661. The Morgan fingerprint density at radius 2 is 2.00 bits per heavy atom. The Kier molecular flexibility index (Phi) is 5.26. The van der Waals surface area contributed by atoms with Crippen molar-refractivity contribution in [3.8, 4) is 0 Å². The Balaban J connectivity index is 2.21. The van der Waals surface area contributed by atoms with Crippen LogP contribution in [0.15, 0.2) is 30.3 Å². The molecule has 0 radical (unpaired) electrons. The lowest BCUT2D eigenvalue weighted by molar-refractivity contribution is 0.0698. The number of ether oxygens (including phenoxy) is 1. The van der Waals surface area contributed by atoms with Crippen LogP contribution in [0, 0.1) is 6.92 Å². The quantitative estimate of drug-likeness (QED) is 0.675. The summed E-state index contributed by atoms with van der Waals surface area (Å²) < 4.78 is 4.97. The fourth-order valence-electron chi connectivity index (χ4n) is 1.92. The first-order chi connectivity index (χ1) is 10.6. The highest BCUT2D eigenvalue weighted by atomic mass is 16.5. The van der Waals surface area contributed by atoms with Crippen molar-refractivity contribution >= 4 is 23.3 Å². The van der Waals surface area contributed by atoms with Gasteiger partial charge in [0.25, 0.3) is 0 Å². The van der Waals surface area contributed by atoms with Crippen LogP contribution in [-0.4, -0.2) is 41.3 Å². The predicted octanol–water partition coefficient (Wildman–Crippen LogP) is 2.29. The molecule has 1 heterocycles. The van der Waals surface area contributed by atoms with E-state index in [2.05, 4.69) is 20.6 Å². The topological polar surface area (TPSA) is 96.4 Å². The zero-order valence-corrected chi connectivity index (χ0v) is 12.5. The van der Waals surface area contributed by atoms with E-state index in [0.29, 0.717) is 36.3 Å². The lowest BCUT2D eigenvalue weighted by Gasteiger charge is -2.11. The number of methoxy groups -OCH3 is 1. The van der Waals surface area contributed by atoms with E-state index in [1.54, 1.807) is 38.3 Å². The minimum atomic E-state index is -0.993. The highest BCUT2D eigenvalue weighted by Crippen LogP contribution is 2.21. The van der Waals surface area contributed by atoms with Gasteiger partial charge in [-0.05, 0) is 19.1 Å². The summed E-state index contributed by atoms with van der Waals surface area (Å²) >= 11 is 0. The summed E-state index contributed by atoms with van der Waals surface area (Å²) in [6, 6.07) is 8.40. The van der Waals surface area contributed by atoms with Gasteiger partial charge in [-0.3, -0.25) is 0 Å². The molecule has 0 saturated heterocycles. The Morgan fingerprint density at radius 3 is 2.73 bits per heavy atom. The van der Waals surface area contributed by atoms with Crippen LogP contribution in [0.4, 0.5) is 17.3 Å². The van der Waals surface area contributed by atoms with Crippen LogP contribution in [0.25, 0.3) is 0 Å². The molecule has 7 nitrogen and oxygen atoms in total. The van der Waals surface area contributed by atoms with E-state index in [4.69, 9.17) is 4.74 Å². The third kappa shape index (κ3) is 4.16. The first-order valence-corrected chi connectivity index (χ1v) is 6.78. The van der Waals surface area contributed by atoms with Gasteiger partial charge in [-0.15, -0.1) is 0 Å². The van der Waals surface area contributed by atoms with Gasteiger partial charge in [0.2, 0.25) is 0 Å². The van der Waals surface area contributed by atoms with Gasteiger partial charge in [-0.2, -0.15) is 0 Å². The first kappa shape index (κ1) is 15.7. The van der Waals surface area contributed by atoms with Gasteiger partial charge >= 0.3 is 5.97 Å². The standard InChI is InChI=1S/C15H18N4O3/c1-10-17-13(16-7-8-22-2)9-14(18-10)19-12-6-4-3-5-11(12)15(20)21/h3-6,9H,7-8H2,1-2H3,(H,20,21)(H2,16,17,18,19). The summed E-state index contributed by atoms with van der Waals surface area (Å²) in [7, 11) is 1.63. The number of nitrogens with zero attached hydrogens (tertiary/aromatic N) is 2. The van der Waals surface area contributed by atoms with Crippen LogP contribution in [0.1, 0.15) is 16.2 Å². The molecular weight excluding hydrogens is 284 g/mol. The number of carboxylic acid groups (broad SMARTS) is 1. The molecule has 2 aromatic rings. The normalized spacial score (nSPS) is 10.3. The number of hydrogen-bond acceptors (Lipinski definition) is 6. The van der Waals surface area contributed by atoms with Gasteiger partial charge in [0.05, 0.1) is 17.9 Å². The average Bonchev–Trinajstić information content (AvgIpc) is 2.47. The number of carbonyl (C=O) groups is 1. The second kappa shape index (κ2) is 7.37. The van der Waals surface area contributed by atoms with Crippen molar-refractivity contribution in [2.75, 3.05) is 30.9 Å². The largest absolute Gasteiger partial charge is 0.478 e. The first-order valence-electron chi connectivity index (χ1n) is 6.78. The number of rotatable bonds is 7. The Morgan fingerprint density at radius 1 is 1.27 bits per heavy atom. The van der Waals surface area contributed by atoms with E-state index in [0.717, 1.165) is 0 Å². The van der Waals surface area contributed by atoms with Crippen LogP contribution in [0.5, 0.6) is 0 Å². The summed E-state index contributed by atoms with van der Waals surface area (Å²) in [5.41, 5.74) is 0.670. The van der Waals surface area contributed by atoms with Crippen LogP contribution < -0.4 is 10.6 Å². The minimum absolute atomic E-state index is 0.188. The van der Waals surface area contributed by atoms with Crippen LogP contribution in [0.2, 0.25) is 0 Å². The maximum Gasteiger partial charge on any atom is 0.337 e. The van der Waals surface area contributed by atoms with E-state index < -0.39 is 5.97 Å². The minimum Gasteiger partial charge on any atom is -0.478 e. The van der Waals surface area contributed by atoms with Crippen LogP contribution in [-0.2, 0) is 4.74 Å². The van der Waals surface area contributed by atoms with Crippen molar-refractivity contribution in [3.05, 3.63) is 41.7 Å². The number of nitrogens with one attached hydrogen (secondary N) is 2. The summed E-state index contributed by atoms with van der Waals surface area (Å²) in [5, 5.41) is 15.3. The third-order valence-electron chi connectivity index (χ3n) is 2.87. The zero-order chi connectivity index (χ0) is 15.9. The summed E-state index contributed by atoms with van der Waals surface area (Å²) in [6.07, 6.45) is 0. The average molecular weight is 302 g/mol. The van der Waals surface area contributed by atoms with E-state index >= 15 is 0 Å². The predicted molar refractivity (Wildman–Crippen MR) is 83.8 cm³/mol. The number of aromatic nitrogens is 2. The van der Waals surface area contributed by atoms with Crippen molar-refractivity contribution in [2.45, 2.75) is 6.92 Å². The van der Waals surface area contributed by atoms with Gasteiger partial charge in [0.15, 0.2) is 0 Å². The monoisotopic (exact) mass is 302 g/mol. The third-order valence-corrected chi connectivity index (χ3v) is 2.87. The summed E-state index contributed by atoms with van der Waals surface area (Å²) in [5.74, 6) is 0.769. The van der Waals surface area contributed by atoms with Gasteiger partial charge in [-0.1, -0.05) is 12.1 Å². The SMILES string of the molecule is COCCNc1cc(Nc2ccccc2C(=O)O)nc(C)n1. The molecule has 0 saturated carbocycles.